The summed E-state index contributed by atoms with van der Waals surface area (Å²) in [6.07, 6.45) is 2.40. The Labute approximate surface area is 127 Å². The monoisotopic (exact) mass is 286 g/mol. The number of carbonyl (C=O) groups is 1. The number of benzene rings is 1. The molecule has 0 aliphatic heterocycles. The summed E-state index contributed by atoms with van der Waals surface area (Å²) in [5, 5.41) is 0.960. The number of aryl methyl sites for hydroxylation is 1. The second-order valence-electron chi connectivity index (χ2n) is 7.25. The van der Waals surface area contributed by atoms with Gasteiger partial charge in [-0.15, -0.1) is 0 Å². The molecule has 2 rings (SSSR count). The molecular formula is C19H26O2. The first kappa shape index (κ1) is 15.8. The fourth-order valence-electron chi connectivity index (χ4n) is 3.19. The molecule has 21 heavy (non-hydrogen) atoms. The van der Waals surface area contributed by atoms with Gasteiger partial charge in [-0.05, 0) is 23.8 Å². The van der Waals surface area contributed by atoms with Crippen LogP contribution in [0.3, 0.4) is 0 Å². The van der Waals surface area contributed by atoms with Gasteiger partial charge in [-0.3, -0.25) is 4.79 Å². The summed E-state index contributed by atoms with van der Waals surface area (Å²) in [5.74, 6) is 1.42. The lowest BCUT2D eigenvalue weighted by atomic mass is 9.82. The zero-order chi connectivity index (χ0) is 15.6. The zero-order valence-corrected chi connectivity index (χ0v) is 13.8. The minimum absolute atomic E-state index is 0.216. The molecule has 1 aromatic heterocycles. The van der Waals surface area contributed by atoms with Crippen LogP contribution in [0.5, 0.6) is 0 Å². The highest BCUT2D eigenvalue weighted by Crippen LogP contribution is 2.31. The van der Waals surface area contributed by atoms with Crippen LogP contribution in [0.4, 0.5) is 0 Å². The largest absolute Gasteiger partial charge is 0.460 e. The molecule has 0 aliphatic rings. The van der Waals surface area contributed by atoms with Gasteiger partial charge in [-0.25, -0.2) is 0 Å². The van der Waals surface area contributed by atoms with Gasteiger partial charge in [0.25, 0.3) is 0 Å². The van der Waals surface area contributed by atoms with Crippen molar-refractivity contribution in [3.8, 4) is 0 Å². The summed E-state index contributed by atoms with van der Waals surface area (Å²) in [5.41, 5.74) is 1.88. The predicted molar refractivity (Wildman–Crippen MR) is 87.8 cm³/mol. The normalized spacial score (nSPS) is 13.6. The first-order chi connectivity index (χ1) is 9.81. The summed E-state index contributed by atoms with van der Waals surface area (Å²) in [7, 11) is 0. The Balaban J connectivity index is 2.27. The minimum atomic E-state index is 0.216. The van der Waals surface area contributed by atoms with Crippen LogP contribution in [0.2, 0.25) is 0 Å². The van der Waals surface area contributed by atoms with Crippen molar-refractivity contribution in [2.45, 2.75) is 53.9 Å². The maximum Gasteiger partial charge on any atom is 0.167 e. The third kappa shape index (κ3) is 3.75. The Morgan fingerprint density at radius 2 is 1.90 bits per heavy atom. The van der Waals surface area contributed by atoms with E-state index in [2.05, 4.69) is 27.7 Å². The summed E-state index contributed by atoms with van der Waals surface area (Å²) in [6.45, 7) is 10.9. The van der Waals surface area contributed by atoms with Crippen LogP contribution in [0.25, 0.3) is 11.0 Å². The van der Waals surface area contributed by atoms with Crippen molar-refractivity contribution >= 4 is 16.8 Å². The van der Waals surface area contributed by atoms with Crippen LogP contribution in [0, 0.1) is 11.3 Å². The van der Waals surface area contributed by atoms with E-state index in [1.165, 1.54) is 0 Å². The van der Waals surface area contributed by atoms with E-state index in [0.29, 0.717) is 12.3 Å². The SMILES string of the molecule is CCc1oc2ccccc2c1C(=O)CC(C)CC(C)(C)C. The van der Waals surface area contributed by atoms with Crippen LogP contribution in [-0.4, -0.2) is 5.78 Å². The molecule has 0 N–H and O–H groups in total. The van der Waals surface area contributed by atoms with E-state index in [1.54, 1.807) is 0 Å². The number of fused-ring (bicyclic) bond motifs is 1. The Morgan fingerprint density at radius 1 is 1.24 bits per heavy atom. The molecule has 0 bridgehead atoms. The molecule has 0 spiro atoms. The molecule has 1 atom stereocenters. The zero-order valence-electron chi connectivity index (χ0n) is 13.8. The number of hydrogen-bond acceptors (Lipinski definition) is 2. The average Bonchev–Trinajstić information content (AvgIpc) is 2.74. The molecule has 0 amide bonds. The van der Waals surface area contributed by atoms with Gasteiger partial charge in [0.05, 0.1) is 5.56 Å². The highest BCUT2D eigenvalue weighted by Gasteiger charge is 2.23. The summed E-state index contributed by atoms with van der Waals surface area (Å²) < 4.78 is 5.83. The van der Waals surface area contributed by atoms with E-state index >= 15 is 0 Å². The molecule has 2 heteroatoms. The molecule has 0 saturated heterocycles. The first-order valence-electron chi connectivity index (χ1n) is 7.85. The number of rotatable bonds is 5. The number of ketones is 1. The van der Waals surface area contributed by atoms with Crippen molar-refractivity contribution < 1.29 is 9.21 Å². The lowest BCUT2D eigenvalue weighted by Gasteiger charge is -2.22. The maximum absolute atomic E-state index is 12.7. The van der Waals surface area contributed by atoms with Gasteiger partial charge in [-0.2, -0.15) is 0 Å². The third-order valence-corrected chi connectivity index (χ3v) is 3.76. The summed E-state index contributed by atoms with van der Waals surface area (Å²) >= 11 is 0. The lowest BCUT2D eigenvalue weighted by Crippen LogP contribution is -2.14. The quantitative estimate of drug-likeness (QED) is 0.666. The fourth-order valence-corrected chi connectivity index (χ4v) is 3.19. The van der Waals surface area contributed by atoms with Crippen molar-refractivity contribution in [2.24, 2.45) is 11.3 Å². The topological polar surface area (TPSA) is 30.2 Å². The number of Topliss-reactive ketones (excluding diaryl/α,β-unsaturated/α-hetero) is 1. The van der Waals surface area contributed by atoms with Gasteiger partial charge in [0.1, 0.15) is 11.3 Å². The highest BCUT2D eigenvalue weighted by atomic mass is 16.3. The van der Waals surface area contributed by atoms with E-state index < -0.39 is 0 Å². The van der Waals surface area contributed by atoms with Gasteiger partial charge >= 0.3 is 0 Å². The van der Waals surface area contributed by atoms with Crippen LogP contribution in [-0.2, 0) is 6.42 Å². The Hall–Kier alpha value is -1.57. The van der Waals surface area contributed by atoms with Crippen molar-refractivity contribution in [1.82, 2.24) is 0 Å². The second kappa shape index (κ2) is 6.05. The lowest BCUT2D eigenvalue weighted by molar-refractivity contribution is 0.0954. The average molecular weight is 286 g/mol. The molecule has 1 unspecified atom stereocenters. The summed E-state index contributed by atoms with van der Waals surface area (Å²) in [6, 6.07) is 7.83. The van der Waals surface area contributed by atoms with Gasteiger partial charge in [0.2, 0.25) is 0 Å². The standard InChI is InChI=1S/C19H26O2/c1-6-16-18(14-9-7-8-10-17(14)21-16)15(20)11-13(2)12-19(3,4)5/h7-10,13H,6,11-12H2,1-5H3. The van der Waals surface area contributed by atoms with Crippen LogP contribution < -0.4 is 0 Å². The number of hydrogen-bond donors (Lipinski definition) is 0. The molecule has 114 valence electrons. The van der Waals surface area contributed by atoms with Gasteiger partial charge < -0.3 is 4.42 Å². The molecule has 1 aromatic carbocycles. The minimum Gasteiger partial charge on any atom is -0.460 e. The molecule has 2 aromatic rings. The molecule has 0 radical (unpaired) electrons. The number of carbonyl (C=O) groups excluding carboxylic acids is 1. The van der Waals surface area contributed by atoms with Gasteiger partial charge in [0.15, 0.2) is 5.78 Å². The number of para-hydroxylation sites is 1. The van der Waals surface area contributed by atoms with Crippen LogP contribution in [0.15, 0.2) is 28.7 Å². The highest BCUT2D eigenvalue weighted by molar-refractivity contribution is 6.08. The molecule has 0 fully saturated rings. The van der Waals surface area contributed by atoms with Crippen LogP contribution >= 0.6 is 0 Å². The van der Waals surface area contributed by atoms with Crippen molar-refractivity contribution in [3.05, 3.63) is 35.6 Å². The maximum atomic E-state index is 12.7. The Kier molecular flexibility index (Phi) is 4.55. The van der Waals surface area contributed by atoms with E-state index in [0.717, 1.165) is 35.1 Å². The van der Waals surface area contributed by atoms with E-state index in [-0.39, 0.29) is 11.2 Å². The molecule has 1 heterocycles. The molecule has 0 aliphatic carbocycles. The smallest absolute Gasteiger partial charge is 0.167 e. The van der Waals surface area contributed by atoms with Gasteiger partial charge in [0, 0.05) is 18.2 Å². The van der Waals surface area contributed by atoms with E-state index in [1.807, 2.05) is 31.2 Å². The van der Waals surface area contributed by atoms with Crippen molar-refractivity contribution in [3.63, 3.8) is 0 Å². The van der Waals surface area contributed by atoms with Crippen LogP contribution in [0.1, 0.15) is 63.6 Å². The van der Waals surface area contributed by atoms with E-state index in [9.17, 15) is 4.79 Å². The molecular weight excluding hydrogens is 260 g/mol. The van der Waals surface area contributed by atoms with Crippen molar-refractivity contribution in [1.29, 1.82) is 0 Å². The third-order valence-electron chi connectivity index (χ3n) is 3.76. The molecule has 2 nitrogen and oxygen atoms in total. The predicted octanol–water partition coefficient (Wildman–Crippen LogP) is 5.64. The molecule has 0 saturated carbocycles. The Bertz CT molecular complexity index is 629. The Morgan fingerprint density at radius 3 is 2.52 bits per heavy atom. The fraction of sp³-hybridized carbons (Fsp3) is 0.526. The van der Waals surface area contributed by atoms with Gasteiger partial charge in [-0.1, -0.05) is 52.8 Å². The second-order valence-corrected chi connectivity index (χ2v) is 7.25. The summed E-state index contributed by atoms with van der Waals surface area (Å²) in [4.78, 5) is 12.7. The van der Waals surface area contributed by atoms with Crippen molar-refractivity contribution in [2.75, 3.05) is 0 Å². The van der Waals surface area contributed by atoms with E-state index in [4.69, 9.17) is 4.42 Å². The number of furan rings is 1. The first-order valence-corrected chi connectivity index (χ1v) is 7.85.